The van der Waals surface area contributed by atoms with Crippen LogP contribution in [0.3, 0.4) is 0 Å². The molecule has 4 rings (SSSR count). The number of nitrogens with one attached hydrogen (secondary N) is 1. The summed E-state index contributed by atoms with van der Waals surface area (Å²) in [4.78, 5) is 12.3. The van der Waals surface area contributed by atoms with Crippen molar-refractivity contribution in [2.45, 2.75) is 13.2 Å². The van der Waals surface area contributed by atoms with E-state index in [1.807, 2.05) is 54.6 Å². The number of carbonyl (C=O) groups is 1. The van der Waals surface area contributed by atoms with E-state index in [9.17, 15) is 4.79 Å². The van der Waals surface area contributed by atoms with Crippen LogP contribution in [0.4, 0.5) is 0 Å². The Hall–Kier alpha value is -3.53. The zero-order valence-corrected chi connectivity index (χ0v) is 14.7. The lowest BCUT2D eigenvalue weighted by Gasteiger charge is -2.09. The fourth-order valence-corrected chi connectivity index (χ4v) is 2.91. The van der Waals surface area contributed by atoms with Gasteiger partial charge < -0.3 is 14.5 Å². The number of fused-ring (bicyclic) bond motifs is 1. The molecule has 4 nitrogen and oxygen atoms in total. The van der Waals surface area contributed by atoms with Crippen molar-refractivity contribution in [3.63, 3.8) is 0 Å². The summed E-state index contributed by atoms with van der Waals surface area (Å²) < 4.78 is 11.1. The lowest BCUT2D eigenvalue weighted by atomic mass is 10.1. The van der Waals surface area contributed by atoms with Gasteiger partial charge >= 0.3 is 0 Å². The van der Waals surface area contributed by atoms with Crippen molar-refractivity contribution in [3.8, 4) is 5.75 Å². The molecule has 0 bridgehead atoms. The maximum absolute atomic E-state index is 12.3. The second-order valence-electron chi connectivity index (χ2n) is 6.26. The molecular formula is C23H19NO3. The van der Waals surface area contributed by atoms with Crippen molar-refractivity contribution in [1.29, 1.82) is 0 Å². The molecule has 0 aliphatic rings. The number of hydrogen-bond donors (Lipinski definition) is 1. The highest BCUT2D eigenvalue weighted by molar-refractivity contribution is 5.94. The Morgan fingerprint density at radius 1 is 0.889 bits per heavy atom. The lowest BCUT2D eigenvalue weighted by Crippen LogP contribution is -2.22. The predicted octanol–water partition coefficient (Wildman–Crippen LogP) is 4.94. The first-order valence-corrected chi connectivity index (χ1v) is 8.79. The monoisotopic (exact) mass is 357 g/mol. The molecule has 4 heteroatoms. The maximum Gasteiger partial charge on any atom is 0.251 e. The molecule has 0 aliphatic heterocycles. The second kappa shape index (κ2) is 7.79. The number of amides is 1. The van der Waals surface area contributed by atoms with Crippen LogP contribution in [0.25, 0.3) is 10.8 Å². The van der Waals surface area contributed by atoms with Crippen LogP contribution in [-0.4, -0.2) is 5.91 Å². The molecular weight excluding hydrogens is 338 g/mol. The molecule has 1 aromatic heterocycles. The Morgan fingerprint density at radius 2 is 1.78 bits per heavy atom. The van der Waals surface area contributed by atoms with Gasteiger partial charge in [0.25, 0.3) is 5.91 Å². The van der Waals surface area contributed by atoms with Crippen molar-refractivity contribution in [3.05, 3.63) is 102 Å². The maximum atomic E-state index is 12.3. The molecule has 0 radical (unpaired) electrons. The predicted molar refractivity (Wildman–Crippen MR) is 105 cm³/mol. The highest BCUT2D eigenvalue weighted by atomic mass is 16.5. The van der Waals surface area contributed by atoms with Crippen molar-refractivity contribution >= 4 is 16.7 Å². The minimum Gasteiger partial charge on any atom is -0.489 e. The lowest BCUT2D eigenvalue weighted by molar-refractivity contribution is 0.0948. The fourth-order valence-electron chi connectivity index (χ4n) is 2.91. The first kappa shape index (κ1) is 16.9. The molecule has 0 spiro atoms. The van der Waals surface area contributed by atoms with Crippen molar-refractivity contribution in [2.75, 3.05) is 0 Å². The van der Waals surface area contributed by atoms with Gasteiger partial charge in [0.15, 0.2) is 0 Å². The van der Waals surface area contributed by atoms with Crippen LogP contribution in [0.15, 0.2) is 89.5 Å². The van der Waals surface area contributed by atoms with Gasteiger partial charge in [0, 0.05) is 5.56 Å². The number of carbonyl (C=O) groups excluding carboxylic acids is 1. The fraction of sp³-hybridized carbons (Fsp3) is 0.0870. The van der Waals surface area contributed by atoms with Crippen LogP contribution >= 0.6 is 0 Å². The Balaban J connectivity index is 1.40. The molecule has 0 unspecified atom stereocenters. The summed E-state index contributed by atoms with van der Waals surface area (Å²) >= 11 is 0. The molecule has 0 aliphatic carbocycles. The van der Waals surface area contributed by atoms with E-state index >= 15 is 0 Å². The van der Waals surface area contributed by atoms with E-state index in [0.29, 0.717) is 18.7 Å². The molecule has 0 saturated carbocycles. The average Bonchev–Trinajstić information content (AvgIpc) is 3.24. The van der Waals surface area contributed by atoms with Gasteiger partial charge in [0.2, 0.25) is 0 Å². The molecule has 0 saturated heterocycles. The van der Waals surface area contributed by atoms with Gasteiger partial charge in [0.05, 0.1) is 12.8 Å². The van der Waals surface area contributed by atoms with Crippen LogP contribution in [0.1, 0.15) is 21.7 Å². The summed E-state index contributed by atoms with van der Waals surface area (Å²) in [5, 5.41) is 5.17. The van der Waals surface area contributed by atoms with E-state index in [-0.39, 0.29) is 5.91 Å². The van der Waals surface area contributed by atoms with Gasteiger partial charge in [0.1, 0.15) is 18.1 Å². The third-order valence-corrected chi connectivity index (χ3v) is 4.32. The van der Waals surface area contributed by atoms with Gasteiger partial charge in [-0.2, -0.15) is 0 Å². The molecule has 4 aromatic rings. The van der Waals surface area contributed by atoms with Crippen LogP contribution < -0.4 is 10.1 Å². The average molecular weight is 357 g/mol. The van der Waals surface area contributed by atoms with E-state index < -0.39 is 0 Å². The second-order valence-corrected chi connectivity index (χ2v) is 6.26. The van der Waals surface area contributed by atoms with Gasteiger partial charge in [-0.3, -0.25) is 4.79 Å². The van der Waals surface area contributed by atoms with Gasteiger partial charge in [-0.25, -0.2) is 0 Å². The zero-order valence-electron chi connectivity index (χ0n) is 14.7. The van der Waals surface area contributed by atoms with Crippen LogP contribution in [-0.2, 0) is 13.2 Å². The minimum atomic E-state index is -0.140. The summed E-state index contributed by atoms with van der Waals surface area (Å²) in [7, 11) is 0. The molecule has 1 N–H and O–H groups in total. The Labute approximate surface area is 157 Å². The highest BCUT2D eigenvalue weighted by Crippen LogP contribution is 2.21. The largest absolute Gasteiger partial charge is 0.489 e. The standard InChI is InChI=1S/C23H19NO3/c25-23(24-15-22-9-4-12-26-22)20-8-3-5-17(13-20)16-27-21-11-10-18-6-1-2-7-19(18)14-21/h1-14H,15-16H2,(H,24,25). The topological polar surface area (TPSA) is 51.5 Å². The number of ether oxygens (including phenoxy) is 1. The molecule has 3 aromatic carbocycles. The third-order valence-electron chi connectivity index (χ3n) is 4.32. The third kappa shape index (κ3) is 4.18. The van der Waals surface area contributed by atoms with E-state index in [1.165, 1.54) is 5.39 Å². The van der Waals surface area contributed by atoms with Crippen LogP contribution in [0.2, 0.25) is 0 Å². The molecule has 1 amide bonds. The van der Waals surface area contributed by atoms with Gasteiger partial charge in [-0.05, 0) is 52.7 Å². The number of rotatable bonds is 6. The van der Waals surface area contributed by atoms with E-state index in [2.05, 4.69) is 17.4 Å². The highest BCUT2D eigenvalue weighted by Gasteiger charge is 2.07. The van der Waals surface area contributed by atoms with E-state index in [0.717, 1.165) is 22.5 Å². The first-order valence-electron chi connectivity index (χ1n) is 8.79. The Bertz CT molecular complexity index is 1050. The summed E-state index contributed by atoms with van der Waals surface area (Å²) in [5.74, 6) is 1.39. The quantitative estimate of drug-likeness (QED) is 0.532. The van der Waals surface area contributed by atoms with Crippen LogP contribution in [0, 0.1) is 0 Å². The van der Waals surface area contributed by atoms with Crippen molar-refractivity contribution < 1.29 is 13.9 Å². The van der Waals surface area contributed by atoms with Gasteiger partial charge in [-0.15, -0.1) is 0 Å². The van der Waals surface area contributed by atoms with E-state index in [4.69, 9.17) is 9.15 Å². The molecule has 27 heavy (non-hydrogen) atoms. The number of furan rings is 1. The van der Waals surface area contributed by atoms with Crippen molar-refractivity contribution in [1.82, 2.24) is 5.32 Å². The smallest absolute Gasteiger partial charge is 0.251 e. The van der Waals surface area contributed by atoms with Gasteiger partial charge in [-0.1, -0.05) is 42.5 Å². The van der Waals surface area contributed by atoms with Crippen LogP contribution in [0.5, 0.6) is 5.75 Å². The molecule has 0 fully saturated rings. The SMILES string of the molecule is O=C(NCc1ccco1)c1cccc(COc2ccc3ccccc3c2)c1. The summed E-state index contributed by atoms with van der Waals surface area (Å²) in [6.07, 6.45) is 1.59. The minimum absolute atomic E-state index is 0.140. The normalized spacial score (nSPS) is 10.7. The number of benzene rings is 3. The Kier molecular flexibility index (Phi) is 4.88. The molecule has 1 heterocycles. The number of hydrogen-bond acceptors (Lipinski definition) is 3. The van der Waals surface area contributed by atoms with Crippen molar-refractivity contribution in [2.24, 2.45) is 0 Å². The zero-order chi connectivity index (χ0) is 18.5. The summed E-state index contributed by atoms with van der Waals surface area (Å²) in [6, 6.07) is 25.3. The first-order chi connectivity index (χ1) is 13.3. The Morgan fingerprint density at radius 3 is 2.63 bits per heavy atom. The summed E-state index contributed by atoms with van der Waals surface area (Å²) in [6.45, 7) is 0.765. The van der Waals surface area contributed by atoms with E-state index in [1.54, 1.807) is 18.4 Å². The molecule has 0 atom stereocenters. The molecule has 134 valence electrons. The summed E-state index contributed by atoms with van der Waals surface area (Å²) in [5.41, 5.74) is 1.54.